The van der Waals surface area contributed by atoms with Crippen molar-refractivity contribution in [3.05, 3.63) is 53.6 Å². The summed E-state index contributed by atoms with van der Waals surface area (Å²) in [6.07, 6.45) is 4.41. The topological polar surface area (TPSA) is 89.3 Å². The maximum Gasteiger partial charge on any atom is 0.341 e. The Bertz CT molecular complexity index is 736. The fourth-order valence-corrected chi connectivity index (χ4v) is 3.26. The summed E-state index contributed by atoms with van der Waals surface area (Å²) in [7, 11) is 1.37. The Morgan fingerprint density at radius 2 is 1.96 bits per heavy atom. The van der Waals surface area contributed by atoms with Gasteiger partial charge in [-0.3, -0.25) is 0 Å². The highest BCUT2D eigenvalue weighted by molar-refractivity contribution is 5.94. The second-order valence-corrected chi connectivity index (χ2v) is 6.62. The Labute approximate surface area is 154 Å². The summed E-state index contributed by atoms with van der Waals surface area (Å²) in [6, 6.07) is 13.9. The Morgan fingerprint density at radius 1 is 1.19 bits per heavy atom. The third-order valence-electron chi connectivity index (χ3n) is 4.76. The lowest BCUT2D eigenvalue weighted by Gasteiger charge is -2.29. The molecule has 138 valence electrons. The number of nitrogens with one attached hydrogen (secondary N) is 2. The van der Waals surface area contributed by atoms with E-state index >= 15 is 0 Å². The van der Waals surface area contributed by atoms with Crippen LogP contribution in [0, 0.1) is 0 Å². The number of nitrogens with two attached hydrogens (primary N) is 1. The molecule has 2 atom stereocenters. The zero-order chi connectivity index (χ0) is 18.4. The van der Waals surface area contributed by atoms with Gasteiger partial charge in [-0.25, -0.2) is 9.78 Å². The number of carbonyl (C=O) groups excluding carboxylic acids is 1. The van der Waals surface area contributed by atoms with Crippen LogP contribution in [-0.2, 0) is 11.3 Å². The lowest BCUT2D eigenvalue weighted by molar-refractivity contribution is 0.0601. The van der Waals surface area contributed by atoms with Gasteiger partial charge in [-0.2, -0.15) is 0 Å². The van der Waals surface area contributed by atoms with Crippen LogP contribution in [0.4, 0.5) is 11.6 Å². The van der Waals surface area contributed by atoms with Crippen molar-refractivity contribution in [2.24, 2.45) is 5.73 Å². The normalized spacial score (nSPS) is 19.6. The van der Waals surface area contributed by atoms with E-state index in [1.807, 2.05) is 30.3 Å². The summed E-state index contributed by atoms with van der Waals surface area (Å²) in [6.45, 7) is 0.574. The quantitative estimate of drug-likeness (QED) is 0.691. The lowest BCUT2D eigenvalue weighted by Crippen LogP contribution is -2.42. The van der Waals surface area contributed by atoms with Crippen LogP contribution in [0.3, 0.4) is 0 Å². The number of hydrogen-bond donors (Lipinski definition) is 3. The molecule has 1 aromatic carbocycles. The van der Waals surface area contributed by atoms with Crippen LogP contribution in [-0.4, -0.2) is 30.1 Å². The molecule has 0 bridgehead atoms. The Balaban J connectivity index is 1.78. The minimum absolute atomic E-state index is 0.131. The van der Waals surface area contributed by atoms with E-state index < -0.39 is 5.97 Å². The van der Waals surface area contributed by atoms with E-state index in [2.05, 4.69) is 15.6 Å². The summed E-state index contributed by atoms with van der Waals surface area (Å²) in [5.74, 6) is 0.819. The van der Waals surface area contributed by atoms with Gasteiger partial charge in [0.1, 0.15) is 17.2 Å². The molecule has 1 heterocycles. The molecular formula is C20H26N4O2. The number of aromatic nitrogens is 1. The number of carbonyl (C=O) groups is 1. The molecule has 1 aromatic heterocycles. The number of esters is 1. The lowest BCUT2D eigenvalue weighted by atomic mass is 9.91. The molecule has 1 fully saturated rings. The van der Waals surface area contributed by atoms with Crippen molar-refractivity contribution in [2.45, 2.75) is 44.3 Å². The summed E-state index contributed by atoms with van der Waals surface area (Å²) in [5, 5.41) is 6.68. The molecule has 1 saturated carbocycles. The molecule has 6 heteroatoms. The molecule has 0 amide bonds. The van der Waals surface area contributed by atoms with Crippen LogP contribution in [0.15, 0.2) is 42.5 Å². The highest BCUT2D eigenvalue weighted by Gasteiger charge is 2.22. The van der Waals surface area contributed by atoms with Crippen LogP contribution in [0.25, 0.3) is 0 Å². The van der Waals surface area contributed by atoms with Crippen LogP contribution in [0.1, 0.15) is 41.6 Å². The molecule has 0 spiro atoms. The average Bonchev–Trinajstić information content (AvgIpc) is 2.68. The summed E-state index contributed by atoms with van der Waals surface area (Å²) in [5.41, 5.74) is 7.75. The van der Waals surface area contributed by atoms with Gasteiger partial charge in [0.2, 0.25) is 0 Å². The first kappa shape index (κ1) is 18.2. The van der Waals surface area contributed by atoms with Gasteiger partial charge >= 0.3 is 5.97 Å². The molecule has 2 unspecified atom stereocenters. The molecule has 4 N–H and O–H groups in total. The second kappa shape index (κ2) is 8.67. The van der Waals surface area contributed by atoms with Crippen LogP contribution in [0.5, 0.6) is 0 Å². The highest BCUT2D eigenvalue weighted by Crippen LogP contribution is 2.23. The zero-order valence-electron chi connectivity index (χ0n) is 15.1. The third-order valence-corrected chi connectivity index (χ3v) is 4.76. The number of rotatable bonds is 6. The predicted octanol–water partition coefficient (Wildman–Crippen LogP) is 3.16. The molecule has 1 aliphatic carbocycles. The fraction of sp³-hybridized carbons (Fsp3) is 0.400. The van der Waals surface area contributed by atoms with Gasteiger partial charge in [-0.15, -0.1) is 0 Å². The Hall–Kier alpha value is -2.60. The molecule has 0 radical (unpaired) electrons. The molecule has 3 rings (SSSR count). The fourth-order valence-electron chi connectivity index (χ4n) is 3.26. The molecule has 0 saturated heterocycles. The molecule has 2 aromatic rings. The van der Waals surface area contributed by atoms with Gasteiger partial charge in [0, 0.05) is 18.6 Å². The van der Waals surface area contributed by atoms with Crippen molar-refractivity contribution in [1.29, 1.82) is 0 Å². The number of anilines is 2. The maximum absolute atomic E-state index is 12.1. The first-order valence-corrected chi connectivity index (χ1v) is 9.06. The zero-order valence-corrected chi connectivity index (χ0v) is 15.1. The first-order valence-electron chi connectivity index (χ1n) is 9.06. The highest BCUT2D eigenvalue weighted by atomic mass is 16.5. The van der Waals surface area contributed by atoms with Crippen molar-refractivity contribution < 1.29 is 9.53 Å². The minimum Gasteiger partial charge on any atom is -0.465 e. The largest absolute Gasteiger partial charge is 0.465 e. The Kier molecular flexibility index (Phi) is 6.07. The number of pyridine rings is 1. The monoisotopic (exact) mass is 354 g/mol. The number of methoxy groups -OCH3 is 1. The third kappa shape index (κ3) is 4.52. The molecule has 6 nitrogen and oxygen atoms in total. The van der Waals surface area contributed by atoms with Gasteiger partial charge in [0.05, 0.1) is 7.11 Å². The molecule has 0 aliphatic heterocycles. The average molecular weight is 354 g/mol. The number of ether oxygens (including phenoxy) is 1. The van der Waals surface area contributed by atoms with Gasteiger partial charge in [-0.1, -0.05) is 43.2 Å². The number of nitrogens with zero attached hydrogens (tertiary/aromatic N) is 1. The van der Waals surface area contributed by atoms with Crippen molar-refractivity contribution in [1.82, 2.24) is 4.98 Å². The van der Waals surface area contributed by atoms with E-state index in [9.17, 15) is 4.79 Å². The van der Waals surface area contributed by atoms with E-state index in [0.29, 0.717) is 17.9 Å². The van der Waals surface area contributed by atoms with Crippen molar-refractivity contribution in [3.63, 3.8) is 0 Å². The standard InChI is InChI=1S/C20H26N4O2/c1-26-20(25)15-11-12-18(23-17-10-6-5-9-16(17)21)24-19(15)22-13-14-7-3-2-4-8-14/h2-4,7-8,11-12,16-17H,5-6,9-10,13,21H2,1H3,(H2,22,23,24). The summed E-state index contributed by atoms with van der Waals surface area (Å²) in [4.78, 5) is 16.7. The van der Waals surface area contributed by atoms with Crippen LogP contribution >= 0.6 is 0 Å². The summed E-state index contributed by atoms with van der Waals surface area (Å²) < 4.78 is 4.88. The SMILES string of the molecule is COC(=O)c1ccc(NC2CCCCC2N)nc1NCc1ccccc1. The molecule has 1 aliphatic rings. The predicted molar refractivity (Wildman–Crippen MR) is 103 cm³/mol. The van der Waals surface area contributed by atoms with Gasteiger partial charge < -0.3 is 21.1 Å². The molecular weight excluding hydrogens is 328 g/mol. The van der Waals surface area contributed by atoms with E-state index in [1.165, 1.54) is 20.0 Å². The summed E-state index contributed by atoms with van der Waals surface area (Å²) >= 11 is 0. The van der Waals surface area contributed by atoms with Crippen molar-refractivity contribution in [3.8, 4) is 0 Å². The minimum atomic E-state index is -0.408. The van der Waals surface area contributed by atoms with Gasteiger partial charge in [-0.05, 0) is 30.5 Å². The van der Waals surface area contributed by atoms with Gasteiger partial charge in [0.15, 0.2) is 0 Å². The number of hydrogen-bond acceptors (Lipinski definition) is 6. The van der Waals surface area contributed by atoms with E-state index in [-0.39, 0.29) is 12.1 Å². The maximum atomic E-state index is 12.1. The number of benzene rings is 1. The first-order chi connectivity index (χ1) is 12.7. The Morgan fingerprint density at radius 3 is 2.69 bits per heavy atom. The van der Waals surface area contributed by atoms with E-state index in [4.69, 9.17) is 10.5 Å². The van der Waals surface area contributed by atoms with E-state index in [1.54, 1.807) is 12.1 Å². The van der Waals surface area contributed by atoms with Crippen molar-refractivity contribution >= 4 is 17.6 Å². The van der Waals surface area contributed by atoms with Crippen molar-refractivity contribution in [2.75, 3.05) is 17.7 Å². The second-order valence-electron chi connectivity index (χ2n) is 6.62. The van der Waals surface area contributed by atoms with Crippen LogP contribution in [0.2, 0.25) is 0 Å². The smallest absolute Gasteiger partial charge is 0.341 e. The van der Waals surface area contributed by atoms with Crippen LogP contribution < -0.4 is 16.4 Å². The van der Waals surface area contributed by atoms with E-state index in [0.717, 1.165) is 24.2 Å². The molecule has 26 heavy (non-hydrogen) atoms. The van der Waals surface area contributed by atoms with Gasteiger partial charge in [0.25, 0.3) is 0 Å².